The van der Waals surface area contributed by atoms with Crippen molar-refractivity contribution in [1.29, 1.82) is 0 Å². The maximum absolute atomic E-state index is 12.4. The molecule has 0 aromatic heterocycles. The number of likely N-dealkylation sites (tertiary alicyclic amines) is 1. The van der Waals surface area contributed by atoms with Gasteiger partial charge in [-0.15, -0.1) is 0 Å². The number of amides is 2. The molecule has 1 aliphatic heterocycles. The van der Waals surface area contributed by atoms with Gasteiger partial charge in [0.15, 0.2) is 0 Å². The van der Waals surface area contributed by atoms with Crippen LogP contribution in [0.1, 0.15) is 29.3 Å². The molecule has 2 amide bonds. The van der Waals surface area contributed by atoms with Crippen LogP contribution in [0.3, 0.4) is 0 Å². The van der Waals surface area contributed by atoms with Gasteiger partial charge in [0.1, 0.15) is 0 Å². The van der Waals surface area contributed by atoms with Gasteiger partial charge < -0.3 is 16.0 Å². The van der Waals surface area contributed by atoms with Crippen LogP contribution in [0.5, 0.6) is 0 Å². The standard InChI is InChI=1S/C14H19N3O2/c1-9-4-3-5-12(13(9)15)14(19)17-7-6-11(8-17)16-10(2)18/h3-5,11H,6-8,15H2,1-2H3,(H,16,18). The van der Waals surface area contributed by atoms with E-state index in [4.69, 9.17) is 5.73 Å². The molecule has 2 rings (SSSR count). The van der Waals surface area contributed by atoms with Gasteiger partial charge in [0, 0.05) is 31.7 Å². The Kier molecular flexibility index (Phi) is 3.74. The Balaban J connectivity index is 2.09. The Labute approximate surface area is 112 Å². The second kappa shape index (κ2) is 5.30. The van der Waals surface area contributed by atoms with E-state index in [1.165, 1.54) is 6.92 Å². The summed E-state index contributed by atoms with van der Waals surface area (Å²) in [7, 11) is 0. The summed E-state index contributed by atoms with van der Waals surface area (Å²) in [4.78, 5) is 25.1. The molecule has 0 spiro atoms. The average Bonchev–Trinajstić information content (AvgIpc) is 2.79. The van der Waals surface area contributed by atoms with E-state index >= 15 is 0 Å². The lowest BCUT2D eigenvalue weighted by Gasteiger charge is -2.18. The molecule has 19 heavy (non-hydrogen) atoms. The largest absolute Gasteiger partial charge is 0.398 e. The molecule has 3 N–H and O–H groups in total. The Morgan fingerprint density at radius 3 is 2.84 bits per heavy atom. The molecule has 0 bridgehead atoms. The molecule has 5 heteroatoms. The van der Waals surface area contributed by atoms with E-state index in [1.54, 1.807) is 11.0 Å². The van der Waals surface area contributed by atoms with Crippen LogP contribution in [0.2, 0.25) is 0 Å². The summed E-state index contributed by atoms with van der Waals surface area (Å²) in [5.41, 5.74) is 7.94. The SMILES string of the molecule is CC(=O)NC1CCN(C(=O)c2cccc(C)c2N)C1. The number of carbonyl (C=O) groups excluding carboxylic acids is 2. The van der Waals surface area contributed by atoms with Crippen LogP contribution in [-0.4, -0.2) is 35.8 Å². The number of anilines is 1. The second-order valence-electron chi connectivity index (χ2n) is 4.97. The zero-order chi connectivity index (χ0) is 14.0. The van der Waals surface area contributed by atoms with Crippen molar-refractivity contribution in [2.45, 2.75) is 26.3 Å². The molecule has 1 unspecified atom stereocenters. The van der Waals surface area contributed by atoms with Crippen LogP contribution in [0, 0.1) is 6.92 Å². The van der Waals surface area contributed by atoms with E-state index in [0.29, 0.717) is 24.3 Å². The van der Waals surface area contributed by atoms with Gasteiger partial charge in [-0.25, -0.2) is 0 Å². The summed E-state index contributed by atoms with van der Waals surface area (Å²) in [6.45, 7) is 4.57. The molecule has 0 saturated carbocycles. The van der Waals surface area contributed by atoms with E-state index in [-0.39, 0.29) is 17.9 Å². The van der Waals surface area contributed by atoms with Crippen LogP contribution in [-0.2, 0) is 4.79 Å². The van der Waals surface area contributed by atoms with E-state index in [1.807, 2.05) is 19.1 Å². The minimum absolute atomic E-state index is 0.0486. The summed E-state index contributed by atoms with van der Waals surface area (Å²) >= 11 is 0. The first-order valence-corrected chi connectivity index (χ1v) is 6.40. The van der Waals surface area contributed by atoms with Crippen LogP contribution in [0.15, 0.2) is 18.2 Å². The Hall–Kier alpha value is -2.04. The Bertz CT molecular complexity index is 513. The van der Waals surface area contributed by atoms with E-state index in [0.717, 1.165) is 12.0 Å². The molecular weight excluding hydrogens is 242 g/mol. The van der Waals surface area contributed by atoms with Crippen LogP contribution >= 0.6 is 0 Å². The van der Waals surface area contributed by atoms with Gasteiger partial charge in [-0.1, -0.05) is 12.1 Å². The number of nitrogens with zero attached hydrogens (tertiary/aromatic N) is 1. The quantitative estimate of drug-likeness (QED) is 0.778. The lowest BCUT2D eigenvalue weighted by atomic mass is 10.1. The highest BCUT2D eigenvalue weighted by Crippen LogP contribution is 2.20. The number of benzene rings is 1. The third-order valence-corrected chi connectivity index (χ3v) is 3.44. The molecule has 1 heterocycles. The van der Waals surface area contributed by atoms with Crippen LogP contribution < -0.4 is 11.1 Å². The molecule has 5 nitrogen and oxygen atoms in total. The summed E-state index contributed by atoms with van der Waals surface area (Å²) < 4.78 is 0. The molecule has 1 aromatic rings. The first-order valence-electron chi connectivity index (χ1n) is 6.40. The van der Waals surface area contributed by atoms with E-state index in [2.05, 4.69) is 5.32 Å². The van der Waals surface area contributed by atoms with Crippen molar-refractivity contribution in [3.63, 3.8) is 0 Å². The number of rotatable bonds is 2. The van der Waals surface area contributed by atoms with Gasteiger partial charge in [-0.3, -0.25) is 9.59 Å². The molecule has 1 aliphatic rings. The number of para-hydroxylation sites is 1. The van der Waals surface area contributed by atoms with Crippen molar-refractivity contribution >= 4 is 17.5 Å². The fraction of sp³-hybridized carbons (Fsp3) is 0.429. The molecular formula is C14H19N3O2. The van der Waals surface area contributed by atoms with Gasteiger partial charge in [-0.2, -0.15) is 0 Å². The highest BCUT2D eigenvalue weighted by atomic mass is 16.2. The summed E-state index contributed by atoms with van der Waals surface area (Å²) in [5.74, 6) is -0.122. The van der Waals surface area contributed by atoms with Crippen molar-refractivity contribution in [1.82, 2.24) is 10.2 Å². The fourth-order valence-corrected chi connectivity index (χ4v) is 2.39. The monoisotopic (exact) mass is 261 g/mol. The molecule has 0 aliphatic carbocycles. The number of hydrogen-bond donors (Lipinski definition) is 2. The first kappa shape index (κ1) is 13.4. The van der Waals surface area contributed by atoms with Crippen molar-refractivity contribution < 1.29 is 9.59 Å². The van der Waals surface area contributed by atoms with Gasteiger partial charge >= 0.3 is 0 Å². The highest BCUT2D eigenvalue weighted by Gasteiger charge is 2.28. The predicted molar refractivity (Wildman–Crippen MR) is 73.7 cm³/mol. The zero-order valence-electron chi connectivity index (χ0n) is 11.3. The first-order chi connectivity index (χ1) is 8.99. The number of aryl methyl sites for hydroxylation is 1. The molecule has 1 fully saturated rings. The van der Waals surface area contributed by atoms with Crippen LogP contribution in [0.25, 0.3) is 0 Å². The predicted octanol–water partition coefficient (Wildman–Crippen LogP) is 0.928. The molecule has 0 radical (unpaired) electrons. The fourth-order valence-electron chi connectivity index (χ4n) is 2.39. The maximum atomic E-state index is 12.4. The van der Waals surface area contributed by atoms with Gasteiger partial charge in [-0.05, 0) is 25.0 Å². The lowest BCUT2D eigenvalue weighted by molar-refractivity contribution is -0.119. The average molecular weight is 261 g/mol. The number of nitrogens with one attached hydrogen (secondary N) is 1. The maximum Gasteiger partial charge on any atom is 0.256 e. The third kappa shape index (κ3) is 2.86. The number of nitrogens with two attached hydrogens (primary N) is 1. The van der Waals surface area contributed by atoms with E-state index < -0.39 is 0 Å². The van der Waals surface area contributed by atoms with Crippen molar-refractivity contribution in [2.24, 2.45) is 0 Å². The topological polar surface area (TPSA) is 75.4 Å². The minimum Gasteiger partial charge on any atom is -0.398 e. The van der Waals surface area contributed by atoms with Gasteiger partial charge in [0.25, 0.3) is 5.91 Å². The second-order valence-corrected chi connectivity index (χ2v) is 4.97. The molecule has 102 valence electrons. The van der Waals surface area contributed by atoms with Crippen molar-refractivity contribution in [3.8, 4) is 0 Å². The van der Waals surface area contributed by atoms with Gasteiger partial charge in [0.2, 0.25) is 5.91 Å². The smallest absolute Gasteiger partial charge is 0.256 e. The molecule has 1 saturated heterocycles. The normalized spacial score (nSPS) is 18.4. The summed E-state index contributed by atoms with van der Waals surface area (Å²) in [6.07, 6.45) is 0.789. The zero-order valence-corrected chi connectivity index (χ0v) is 11.3. The van der Waals surface area contributed by atoms with Crippen molar-refractivity contribution in [2.75, 3.05) is 18.8 Å². The summed E-state index contributed by atoms with van der Waals surface area (Å²) in [6, 6.07) is 5.51. The molecule has 1 atom stereocenters. The van der Waals surface area contributed by atoms with Crippen LogP contribution in [0.4, 0.5) is 5.69 Å². The highest BCUT2D eigenvalue weighted by molar-refractivity contribution is 5.99. The number of hydrogen-bond acceptors (Lipinski definition) is 3. The van der Waals surface area contributed by atoms with Crippen molar-refractivity contribution in [3.05, 3.63) is 29.3 Å². The summed E-state index contributed by atoms with van der Waals surface area (Å²) in [5, 5.41) is 2.84. The minimum atomic E-state index is -0.0611. The van der Waals surface area contributed by atoms with Gasteiger partial charge in [0.05, 0.1) is 5.56 Å². The lowest BCUT2D eigenvalue weighted by Crippen LogP contribution is -2.37. The number of nitrogen functional groups attached to an aromatic ring is 1. The Morgan fingerprint density at radius 1 is 1.42 bits per heavy atom. The van der Waals surface area contributed by atoms with E-state index in [9.17, 15) is 9.59 Å². The molecule has 1 aromatic carbocycles. The number of carbonyl (C=O) groups is 2. The Morgan fingerprint density at radius 2 is 2.16 bits per heavy atom. The third-order valence-electron chi connectivity index (χ3n) is 3.44.